The molecule has 1 fully saturated rings. The van der Waals surface area contributed by atoms with E-state index in [9.17, 15) is 8.78 Å². The molecule has 1 aliphatic rings. The molecule has 13 heavy (non-hydrogen) atoms. The number of alkyl halides is 2. The zero-order chi connectivity index (χ0) is 10.5. The summed E-state index contributed by atoms with van der Waals surface area (Å²) in [6.07, 6.45) is 1.21. The molecule has 1 rings (SSSR count). The molecule has 0 amide bonds. The Balaban J connectivity index is 0.000000671. The Labute approximate surface area is 80.7 Å². The van der Waals surface area contributed by atoms with Crippen LogP contribution in [0.2, 0.25) is 0 Å². The van der Waals surface area contributed by atoms with Crippen LogP contribution >= 0.6 is 0 Å². The Morgan fingerprint density at radius 3 is 2.23 bits per heavy atom. The van der Waals surface area contributed by atoms with Gasteiger partial charge in [0.05, 0.1) is 0 Å². The van der Waals surface area contributed by atoms with E-state index >= 15 is 0 Å². The normalized spacial score (nSPS) is 33.0. The van der Waals surface area contributed by atoms with Crippen molar-refractivity contribution in [1.29, 1.82) is 0 Å². The maximum Gasteiger partial charge on any atom is 0.239 e. The minimum Gasteiger partial charge on any atom is -0.211 e. The number of hydrogen-bond acceptors (Lipinski definition) is 0. The van der Waals surface area contributed by atoms with Crippen molar-refractivity contribution in [1.82, 2.24) is 0 Å². The van der Waals surface area contributed by atoms with Crippen LogP contribution in [0, 0.1) is 11.3 Å². The van der Waals surface area contributed by atoms with Crippen LogP contribution in [0.25, 0.3) is 0 Å². The van der Waals surface area contributed by atoms with Gasteiger partial charge in [-0.3, -0.25) is 0 Å². The smallest absolute Gasteiger partial charge is 0.211 e. The molecular formula is C11H22F2. The van der Waals surface area contributed by atoms with Gasteiger partial charge < -0.3 is 0 Å². The standard InChI is InChI=1S/C9H16F2.C2H6/c1-7-4-3-5-9(7,2)6-8(10)11;1-2/h7-8H,3-6H2,1-2H3;1-2H3. The number of rotatable bonds is 2. The fourth-order valence-electron chi connectivity index (χ4n) is 2.06. The maximum atomic E-state index is 12.1. The first-order chi connectivity index (χ1) is 6.04. The summed E-state index contributed by atoms with van der Waals surface area (Å²) in [6, 6.07) is 0. The second kappa shape index (κ2) is 5.56. The van der Waals surface area contributed by atoms with E-state index in [4.69, 9.17) is 0 Å². The molecule has 0 bridgehead atoms. The molecule has 2 unspecified atom stereocenters. The largest absolute Gasteiger partial charge is 0.239 e. The average molecular weight is 192 g/mol. The Hall–Kier alpha value is -0.140. The summed E-state index contributed by atoms with van der Waals surface area (Å²) in [5, 5.41) is 0. The predicted octanol–water partition coefficient (Wildman–Crippen LogP) is 4.49. The van der Waals surface area contributed by atoms with E-state index in [2.05, 4.69) is 6.92 Å². The maximum absolute atomic E-state index is 12.1. The fourth-order valence-corrected chi connectivity index (χ4v) is 2.06. The van der Waals surface area contributed by atoms with Gasteiger partial charge >= 0.3 is 0 Å². The zero-order valence-electron chi connectivity index (χ0n) is 9.24. The van der Waals surface area contributed by atoms with Gasteiger partial charge in [-0.25, -0.2) is 8.78 Å². The molecule has 0 N–H and O–H groups in total. The Kier molecular flexibility index (Phi) is 5.50. The van der Waals surface area contributed by atoms with Gasteiger partial charge in [0, 0.05) is 6.42 Å². The second-order valence-electron chi connectivity index (χ2n) is 4.04. The molecule has 0 spiro atoms. The zero-order valence-corrected chi connectivity index (χ0v) is 9.24. The predicted molar refractivity (Wildman–Crippen MR) is 53.1 cm³/mol. The van der Waals surface area contributed by atoms with Crippen LogP contribution in [0.1, 0.15) is 53.4 Å². The van der Waals surface area contributed by atoms with Gasteiger partial charge in [-0.1, -0.05) is 40.5 Å². The monoisotopic (exact) mass is 192 g/mol. The van der Waals surface area contributed by atoms with Crippen molar-refractivity contribution in [2.24, 2.45) is 11.3 Å². The summed E-state index contributed by atoms with van der Waals surface area (Å²) in [7, 11) is 0. The molecule has 0 saturated heterocycles. The molecule has 0 aromatic rings. The van der Waals surface area contributed by atoms with Gasteiger partial charge in [-0.15, -0.1) is 0 Å². The summed E-state index contributed by atoms with van der Waals surface area (Å²) in [4.78, 5) is 0. The first-order valence-corrected chi connectivity index (χ1v) is 5.33. The third kappa shape index (κ3) is 3.61. The lowest BCUT2D eigenvalue weighted by Crippen LogP contribution is -2.22. The summed E-state index contributed by atoms with van der Waals surface area (Å²) < 4.78 is 24.2. The van der Waals surface area contributed by atoms with Crippen molar-refractivity contribution in [3.63, 3.8) is 0 Å². The first kappa shape index (κ1) is 12.9. The average Bonchev–Trinajstić information content (AvgIpc) is 2.35. The lowest BCUT2D eigenvalue weighted by atomic mass is 9.78. The van der Waals surface area contributed by atoms with Crippen LogP contribution in [0.15, 0.2) is 0 Å². The molecule has 2 atom stereocenters. The molecule has 0 radical (unpaired) electrons. The molecule has 0 aromatic heterocycles. The molecule has 2 heteroatoms. The molecular weight excluding hydrogens is 170 g/mol. The summed E-state index contributed by atoms with van der Waals surface area (Å²) in [5.74, 6) is 0.483. The third-order valence-electron chi connectivity index (χ3n) is 3.20. The Morgan fingerprint density at radius 1 is 1.38 bits per heavy atom. The van der Waals surface area contributed by atoms with E-state index in [1.165, 1.54) is 0 Å². The minimum absolute atomic E-state index is 0.0752. The van der Waals surface area contributed by atoms with Crippen molar-refractivity contribution < 1.29 is 8.78 Å². The van der Waals surface area contributed by atoms with E-state index < -0.39 is 6.43 Å². The van der Waals surface area contributed by atoms with E-state index in [1.807, 2.05) is 20.8 Å². The molecule has 0 heterocycles. The van der Waals surface area contributed by atoms with E-state index in [1.54, 1.807) is 0 Å². The number of hydrogen-bond donors (Lipinski definition) is 0. The van der Waals surface area contributed by atoms with Crippen LogP contribution in [0.4, 0.5) is 8.78 Å². The van der Waals surface area contributed by atoms with Crippen molar-refractivity contribution in [3.05, 3.63) is 0 Å². The van der Waals surface area contributed by atoms with Crippen LogP contribution < -0.4 is 0 Å². The third-order valence-corrected chi connectivity index (χ3v) is 3.20. The molecule has 0 nitrogen and oxygen atoms in total. The highest BCUT2D eigenvalue weighted by molar-refractivity contribution is 4.86. The highest BCUT2D eigenvalue weighted by atomic mass is 19.3. The van der Waals surface area contributed by atoms with Gasteiger partial charge in [-0.05, 0) is 17.8 Å². The van der Waals surface area contributed by atoms with Gasteiger partial charge in [-0.2, -0.15) is 0 Å². The highest BCUT2D eigenvalue weighted by Crippen LogP contribution is 2.46. The van der Waals surface area contributed by atoms with Gasteiger partial charge in [0.1, 0.15) is 0 Å². The van der Waals surface area contributed by atoms with Gasteiger partial charge in [0.15, 0.2) is 0 Å². The lowest BCUT2D eigenvalue weighted by molar-refractivity contribution is 0.0635. The molecule has 1 saturated carbocycles. The van der Waals surface area contributed by atoms with E-state index in [-0.39, 0.29) is 11.8 Å². The van der Waals surface area contributed by atoms with Crippen LogP contribution in [0.3, 0.4) is 0 Å². The van der Waals surface area contributed by atoms with Crippen molar-refractivity contribution in [2.45, 2.75) is 59.8 Å². The summed E-state index contributed by atoms with van der Waals surface area (Å²) in [5.41, 5.74) is -0.0752. The topological polar surface area (TPSA) is 0 Å². The Morgan fingerprint density at radius 2 is 1.92 bits per heavy atom. The number of halogens is 2. The van der Waals surface area contributed by atoms with Crippen LogP contribution in [-0.4, -0.2) is 6.43 Å². The van der Waals surface area contributed by atoms with E-state index in [0.717, 1.165) is 19.3 Å². The molecule has 80 valence electrons. The fraction of sp³-hybridized carbons (Fsp3) is 1.00. The quantitative estimate of drug-likeness (QED) is 0.604. The summed E-state index contributed by atoms with van der Waals surface area (Å²) >= 11 is 0. The van der Waals surface area contributed by atoms with Crippen molar-refractivity contribution in [3.8, 4) is 0 Å². The van der Waals surface area contributed by atoms with Crippen molar-refractivity contribution >= 4 is 0 Å². The van der Waals surface area contributed by atoms with Crippen molar-refractivity contribution in [2.75, 3.05) is 0 Å². The first-order valence-electron chi connectivity index (χ1n) is 5.33. The van der Waals surface area contributed by atoms with Gasteiger partial charge in [0.2, 0.25) is 6.43 Å². The van der Waals surface area contributed by atoms with Crippen LogP contribution in [-0.2, 0) is 0 Å². The lowest BCUT2D eigenvalue weighted by Gasteiger charge is -2.28. The van der Waals surface area contributed by atoms with Crippen LogP contribution in [0.5, 0.6) is 0 Å². The molecule has 1 aliphatic carbocycles. The SMILES string of the molecule is CC.CC1CCCC1(C)CC(F)F. The summed E-state index contributed by atoms with van der Waals surface area (Å²) in [6.45, 7) is 8.09. The molecule has 0 aliphatic heterocycles. The Bertz CT molecular complexity index is 134. The minimum atomic E-state index is -2.12. The molecule has 0 aromatic carbocycles. The van der Waals surface area contributed by atoms with E-state index in [0.29, 0.717) is 5.92 Å². The second-order valence-corrected chi connectivity index (χ2v) is 4.04. The highest BCUT2D eigenvalue weighted by Gasteiger charge is 2.37. The van der Waals surface area contributed by atoms with Gasteiger partial charge in [0.25, 0.3) is 0 Å².